The minimum atomic E-state index is -0.191. The molecule has 1 aromatic carbocycles. The van der Waals surface area contributed by atoms with E-state index in [1.54, 1.807) is 13.1 Å². The maximum Gasteiger partial charge on any atom is 0.240 e. The SMILES string of the molecule is CCC1Sc2ccc(N)cc2N(CC(=O)NC)C1=O. The van der Waals surface area contributed by atoms with Crippen molar-refractivity contribution in [1.82, 2.24) is 5.32 Å². The Hall–Kier alpha value is -1.69. The van der Waals surface area contributed by atoms with E-state index in [0.717, 1.165) is 17.0 Å². The molecule has 0 bridgehead atoms. The first-order chi connectivity index (χ1) is 9.06. The van der Waals surface area contributed by atoms with Crippen LogP contribution in [0.1, 0.15) is 13.3 Å². The number of hydrogen-bond acceptors (Lipinski definition) is 4. The van der Waals surface area contributed by atoms with E-state index in [2.05, 4.69) is 5.32 Å². The first-order valence-corrected chi connectivity index (χ1v) is 7.03. The smallest absolute Gasteiger partial charge is 0.240 e. The first kappa shape index (κ1) is 13.7. The van der Waals surface area contributed by atoms with Gasteiger partial charge in [-0.25, -0.2) is 0 Å². The highest BCUT2D eigenvalue weighted by Gasteiger charge is 2.33. The predicted molar refractivity (Wildman–Crippen MR) is 77.2 cm³/mol. The van der Waals surface area contributed by atoms with E-state index in [0.29, 0.717) is 5.69 Å². The molecule has 1 aliphatic heterocycles. The van der Waals surface area contributed by atoms with Crippen LogP contribution in [0.25, 0.3) is 0 Å². The average Bonchev–Trinajstić information content (AvgIpc) is 2.41. The molecule has 2 rings (SSSR count). The Morgan fingerprint density at radius 3 is 2.89 bits per heavy atom. The second-order valence-corrected chi connectivity index (χ2v) is 5.58. The molecule has 3 N–H and O–H groups in total. The summed E-state index contributed by atoms with van der Waals surface area (Å²) in [6, 6.07) is 5.46. The van der Waals surface area contributed by atoms with Gasteiger partial charge >= 0.3 is 0 Å². The molecule has 1 aromatic rings. The normalized spacial score (nSPS) is 18.1. The average molecular weight is 279 g/mol. The largest absolute Gasteiger partial charge is 0.399 e. The van der Waals surface area contributed by atoms with Crippen molar-refractivity contribution in [1.29, 1.82) is 0 Å². The topological polar surface area (TPSA) is 75.4 Å². The van der Waals surface area contributed by atoms with Crippen LogP contribution in [0.15, 0.2) is 23.1 Å². The molecule has 0 aromatic heterocycles. The molecule has 0 saturated heterocycles. The number of amides is 2. The molecule has 2 amide bonds. The standard InChI is InChI=1S/C13H17N3O2S/c1-3-10-13(18)16(7-12(17)15-2)9-6-8(14)4-5-11(9)19-10/h4-6,10H,3,7,14H2,1-2H3,(H,15,17). The van der Waals surface area contributed by atoms with Gasteiger partial charge in [0, 0.05) is 17.6 Å². The van der Waals surface area contributed by atoms with Gasteiger partial charge < -0.3 is 16.0 Å². The Labute approximate surface area is 116 Å². The summed E-state index contributed by atoms with van der Waals surface area (Å²) in [5, 5.41) is 2.40. The Morgan fingerprint density at radius 2 is 2.26 bits per heavy atom. The maximum atomic E-state index is 12.4. The zero-order valence-electron chi connectivity index (χ0n) is 11.0. The van der Waals surface area contributed by atoms with E-state index >= 15 is 0 Å². The number of rotatable bonds is 3. The molecule has 6 heteroatoms. The number of thioether (sulfide) groups is 1. The molecule has 1 unspecified atom stereocenters. The number of nitrogen functional groups attached to an aromatic ring is 1. The Balaban J connectivity index is 2.41. The molecular formula is C13H17N3O2S. The summed E-state index contributed by atoms with van der Waals surface area (Å²) < 4.78 is 0. The zero-order valence-corrected chi connectivity index (χ0v) is 11.8. The van der Waals surface area contributed by atoms with Crippen LogP contribution in [0.2, 0.25) is 0 Å². The van der Waals surface area contributed by atoms with Crippen molar-refractivity contribution in [2.75, 3.05) is 24.2 Å². The molecule has 0 aliphatic carbocycles. The maximum absolute atomic E-state index is 12.4. The van der Waals surface area contributed by atoms with Crippen molar-refractivity contribution >= 4 is 35.0 Å². The molecule has 0 radical (unpaired) electrons. The number of carbonyl (C=O) groups is 2. The summed E-state index contributed by atoms with van der Waals surface area (Å²) in [5.74, 6) is -0.224. The molecule has 1 aliphatic rings. The van der Waals surface area contributed by atoms with Crippen molar-refractivity contribution in [3.8, 4) is 0 Å². The summed E-state index contributed by atoms with van der Waals surface area (Å²) in [6.07, 6.45) is 0.734. The fourth-order valence-electron chi connectivity index (χ4n) is 1.98. The number of nitrogens with two attached hydrogens (primary N) is 1. The minimum Gasteiger partial charge on any atom is -0.399 e. The molecular weight excluding hydrogens is 262 g/mol. The molecule has 1 heterocycles. The third-order valence-corrected chi connectivity index (χ3v) is 4.45. The number of nitrogens with zero attached hydrogens (tertiary/aromatic N) is 1. The highest BCUT2D eigenvalue weighted by molar-refractivity contribution is 8.01. The quantitative estimate of drug-likeness (QED) is 0.816. The Morgan fingerprint density at radius 1 is 1.53 bits per heavy atom. The highest BCUT2D eigenvalue weighted by Crippen LogP contribution is 2.41. The lowest BCUT2D eigenvalue weighted by atomic mass is 10.2. The lowest BCUT2D eigenvalue weighted by Gasteiger charge is -2.33. The van der Waals surface area contributed by atoms with Gasteiger partial charge in [-0.15, -0.1) is 11.8 Å². The van der Waals surface area contributed by atoms with Crippen molar-refractivity contribution in [3.05, 3.63) is 18.2 Å². The van der Waals surface area contributed by atoms with Crippen LogP contribution in [0.3, 0.4) is 0 Å². The monoisotopic (exact) mass is 279 g/mol. The molecule has 0 spiro atoms. The summed E-state index contributed by atoms with van der Waals surface area (Å²) >= 11 is 1.53. The summed E-state index contributed by atoms with van der Waals surface area (Å²) in [6.45, 7) is 2.00. The summed E-state index contributed by atoms with van der Waals surface area (Å²) in [7, 11) is 1.56. The van der Waals surface area contributed by atoms with Crippen LogP contribution < -0.4 is 16.0 Å². The van der Waals surface area contributed by atoms with E-state index in [1.807, 2.05) is 19.1 Å². The second-order valence-electron chi connectivity index (χ2n) is 4.34. The van der Waals surface area contributed by atoms with Crippen LogP contribution in [0, 0.1) is 0 Å². The molecule has 0 saturated carbocycles. The number of benzene rings is 1. The van der Waals surface area contributed by atoms with Gasteiger partial charge in [0.25, 0.3) is 0 Å². The predicted octanol–water partition coefficient (Wildman–Crippen LogP) is 1.23. The molecule has 0 fully saturated rings. The van der Waals surface area contributed by atoms with Crippen molar-refractivity contribution in [2.24, 2.45) is 0 Å². The van der Waals surface area contributed by atoms with Gasteiger partial charge in [-0.3, -0.25) is 9.59 Å². The van der Waals surface area contributed by atoms with E-state index in [9.17, 15) is 9.59 Å². The van der Waals surface area contributed by atoms with Gasteiger partial charge in [-0.2, -0.15) is 0 Å². The fourth-order valence-corrected chi connectivity index (χ4v) is 3.12. The van der Waals surface area contributed by atoms with Crippen molar-refractivity contribution in [3.63, 3.8) is 0 Å². The molecule has 19 heavy (non-hydrogen) atoms. The van der Waals surface area contributed by atoms with E-state index < -0.39 is 0 Å². The minimum absolute atomic E-state index is 0.0306. The van der Waals surface area contributed by atoms with Crippen LogP contribution in [-0.4, -0.2) is 30.7 Å². The first-order valence-electron chi connectivity index (χ1n) is 6.15. The lowest BCUT2D eigenvalue weighted by molar-refractivity contribution is -0.123. The van der Waals surface area contributed by atoms with E-state index in [-0.39, 0.29) is 23.6 Å². The highest BCUT2D eigenvalue weighted by atomic mass is 32.2. The number of nitrogens with one attached hydrogen (secondary N) is 1. The Bertz CT molecular complexity index is 519. The van der Waals surface area contributed by atoms with Crippen molar-refractivity contribution in [2.45, 2.75) is 23.5 Å². The van der Waals surface area contributed by atoms with Gasteiger partial charge in [-0.05, 0) is 24.6 Å². The van der Waals surface area contributed by atoms with Gasteiger partial charge in [-0.1, -0.05) is 6.92 Å². The van der Waals surface area contributed by atoms with Gasteiger partial charge in [0.15, 0.2) is 0 Å². The lowest BCUT2D eigenvalue weighted by Crippen LogP contribution is -2.45. The number of fused-ring (bicyclic) bond motifs is 1. The molecule has 5 nitrogen and oxygen atoms in total. The molecule has 1 atom stereocenters. The zero-order chi connectivity index (χ0) is 14.0. The Kier molecular flexibility index (Phi) is 3.99. The van der Waals surface area contributed by atoms with Gasteiger partial charge in [0.1, 0.15) is 6.54 Å². The number of hydrogen-bond donors (Lipinski definition) is 2. The number of carbonyl (C=O) groups excluding carboxylic acids is 2. The third kappa shape index (κ3) is 2.68. The second kappa shape index (κ2) is 5.52. The van der Waals surface area contributed by atoms with Crippen LogP contribution in [0.5, 0.6) is 0 Å². The van der Waals surface area contributed by atoms with Crippen LogP contribution in [0.4, 0.5) is 11.4 Å². The number of likely N-dealkylation sites (N-methyl/N-ethyl adjacent to an activating group) is 1. The third-order valence-electron chi connectivity index (χ3n) is 3.04. The fraction of sp³-hybridized carbons (Fsp3) is 0.385. The number of anilines is 2. The van der Waals surface area contributed by atoms with Gasteiger partial charge in [0.05, 0.1) is 10.9 Å². The van der Waals surface area contributed by atoms with Gasteiger partial charge in [0.2, 0.25) is 11.8 Å². The van der Waals surface area contributed by atoms with Crippen molar-refractivity contribution < 1.29 is 9.59 Å². The van der Waals surface area contributed by atoms with E-state index in [4.69, 9.17) is 5.73 Å². The van der Waals surface area contributed by atoms with E-state index in [1.165, 1.54) is 16.7 Å². The van der Waals surface area contributed by atoms with Crippen LogP contribution >= 0.6 is 11.8 Å². The molecule has 102 valence electrons. The summed E-state index contributed by atoms with van der Waals surface area (Å²) in [4.78, 5) is 26.5. The van der Waals surface area contributed by atoms with Crippen LogP contribution in [-0.2, 0) is 9.59 Å². The summed E-state index contributed by atoms with van der Waals surface area (Å²) in [5.41, 5.74) is 7.08.